The molecule has 0 fully saturated rings. The van der Waals surface area contributed by atoms with E-state index in [1.165, 1.54) is 13.0 Å². The van der Waals surface area contributed by atoms with E-state index >= 15 is 0 Å². The minimum Gasteiger partial charge on any atom is -0.344 e. The zero-order valence-corrected chi connectivity index (χ0v) is 11.0. The number of hydrogen-bond donors (Lipinski definition) is 3. The predicted octanol–water partition coefficient (Wildman–Crippen LogP) is 1.07. The minimum absolute atomic E-state index is 0.00842. The average Bonchev–Trinajstić information content (AvgIpc) is 2.37. The summed E-state index contributed by atoms with van der Waals surface area (Å²) < 4.78 is 12.9. The molecule has 1 rings (SSSR count). The molecule has 7 heteroatoms. The summed E-state index contributed by atoms with van der Waals surface area (Å²) in [6.07, 6.45) is 0. The van der Waals surface area contributed by atoms with E-state index in [9.17, 15) is 14.0 Å². The summed E-state index contributed by atoms with van der Waals surface area (Å²) in [5, 5.41) is 13.7. The summed E-state index contributed by atoms with van der Waals surface area (Å²) in [5.41, 5.74) is 0.195. The van der Waals surface area contributed by atoms with E-state index in [1.807, 2.05) is 0 Å². The highest BCUT2D eigenvalue weighted by Gasteiger charge is 2.18. The van der Waals surface area contributed by atoms with Crippen LogP contribution in [0.2, 0.25) is 0 Å². The number of rotatable bonds is 4. The molecule has 0 aliphatic rings. The molecule has 2 amide bonds. The number of carbonyl (C=O) groups excluding carboxylic acids is 2. The summed E-state index contributed by atoms with van der Waals surface area (Å²) in [4.78, 5) is 22.8. The Kier molecular flexibility index (Phi) is 5.33. The molecule has 0 aliphatic carbocycles. The number of halogens is 1. The Balaban J connectivity index is 2.87. The molecule has 0 aliphatic heterocycles. The molecular formula is C12H12FN3O2S. The smallest absolute Gasteiger partial charge is 0.247 e. The summed E-state index contributed by atoms with van der Waals surface area (Å²) in [6, 6.07) is 4.39. The van der Waals surface area contributed by atoms with Crippen LogP contribution in [-0.2, 0) is 9.59 Å². The molecular weight excluding hydrogens is 269 g/mol. The second kappa shape index (κ2) is 6.75. The van der Waals surface area contributed by atoms with Crippen LogP contribution in [-0.4, -0.2) is 23.6 Å². The van der Waals surface area contributed by atoms with Crippen molar-refractivity contribution in [3.63, 3.8) is 0 Å². The van der Waals surface area contributed by atoms with Crippen LogP contribution in [0, 0.1) is 17.1 Å². The topological polar surface area (TPSA) is 82.0 Å². The molecule has 0 saturated heterocycles. The van der Waals surface area contributed by atoms with Gasteiger partial charge in [-0.2, -0.15) is 17.9 Å². The van der Waals surface area contributed by atoms with Crippen molar-refractivity contribution in [2.24, 2.45) is 0 Å². The molecule has 0 radical (unpaired) electrons. The predicted molar refractivity (Wildman–Crippen MR) is 71.2 cm³/mol. The second-order valence-corrected chi connectivity index (χ2v) is 4.09. The van der Waals surface area contributed by atoms with E-state index in [-0.39, 0.29) is 22.9 Å². The summed E-state index contributed by atoms with van der Waals surface area (Å²) in [5.74, 6) is -1.35. The van der Waals surface area contributed by atoms with Crippen LogP contribution >= 0.6 is 12.6 Å². The lowest BCUT2D eigenvalue weighted by atomic mass is 10.2. The lowest BCUT2D eigenvalue weighted by molar-refractivity contribution is -0.124. The molecule has 0 saturated carbocycles. The highest BCUT2D eigenvalue weighted by atomic mass is 32.1. The maximum atomic E-state index is 12.9. The fourth-order valence-electron chi connectivity index (χ4n) is 1.38. The molecule has 0 heterocycles. The first kappa shape index (κ1) is 15.0. The fraction of sp³-hybridized carbons (Fsp3) is 0.250. The Bertz CT molecular complexity index is 542. The van der Waals surface area contributed by atoms with Crippen molar-refractivity contribution >= 4 is 30.1 Å². The normalized spacial score (nSPS) is 11.3. The van der Waals surface area contributed by atoms with E-state index in [4.69, 9.17) is 5.26 Å². The number of anilines is 1. The van der Waals surface area contributed by atoms with Gasteiger partial charge in [-0.1, -0.05) is 0 Å². The number of hydrogen-bond acceptors (Lipinski definition) is 4. The average molecular weight is 281 g/mol. The van der Waals surface area contributed by atoms with Crippen molar-refractivity contribution in [2.45, 2.75) is 13.0 Å². The first-order valence-electron chi connectivity index (χ1n) is 5.36. The van der Waals surface area contributed by atoms with Crippen molar-refractivity contribution in [1.82, 2.24) is 5.32 Å². The summed E-state index contributed by atoms with van der Waals surface area (Å²) >= 11 is 3.96. The Morgan fingerprint density at radius 2 is 2.21 bits per heavy atom. The van der Waals surface area contributed by atoms with E-state index in [0.29, 0.717) is 0 Å². The van der Waals surface area contributed by atoms with Crippen LogP contribution in [0.15, 0.2) is 18.2 Å². The van der Waals surface area contributed by atoms with E-state index in [2.05, 4.69) is 23.3 Å². The van der Waals surface area contributed by atoms with E-state index in [1.54, 1.807) is 6.07 Å². The van der Waals surface area contributed by atoms with Gasteiger partial charge in [0.05, 0.1) is 11.3 Å². The Morgan fingerprint density at radius 3 is 2.74 bits per heavy atom. The molecule has 100 valence electrons. The molecule has 0 aromatic heterocycles. The van der Waals surface area contributed by atoms with Gasteiger partial charge in [0.1, 0.15) is 17.9 Å². The largest absolute Gasteiger partial charge is 0.344 e. The molecule has 1 aromatic carbocycles. The SMILES string of the molecule is CC(=O)NC(CS)C(=O)Nc1ccc(F)cc1C#N. The van der Waals surface area contributed by atoms with Gasteiger partial charge in [0, 0.05) is 12.7 Å². The highest BCUT2D eigenvalue weighted by molar-refractivity contribution is 7.80. The molecule has 2 N–H and O–H groups in total. The van der Waals surface area contributed by atoms with Crippen molar-refractivity contribution in [1.29, 1.82) is 5.26 Å². The van der Waals surface area contributed by atoms with Gasteiger partial charge >= 0.3 is 0 Å². The second-order valence-electron chi connectivity index (χ2n) is 3.73. The number of amides is 2. The number of benzene rings is 1. The third-order valence-corrected chi connectivity index (χ3v) is 2.60. The monoisotopic (exact) mass is 281 g/mol. The van der Waals surface area contributed by atoms with Crippen LogP contribution in [0.4, 0.5) is 10.1 Å². The highest BCUT2D eigenvalue weighted by Crippen LogP contribution is 2.16. The zero-order chi connectivity index (χ0) is 14.4. The van der Waals surface area contributed by atoms with Crippen molar-refractivity contribution in [3.8, 4) is 6.07 Å². The number of nitrogens with zero attached hydrogens (tertiary/aromatic N) is 1. The maximum Gasteiger partial charge on any atom is 0.247 e. The first-order chi connectivity index (χ1) is 8.97. The molecule has 5 nitrogen and oxygen atoms in total. The third-order valence-electron chi connectivity index (χ3n) is 2.24. The van der Waals surface area contributed by atoms with Gasteiger partial charge in [-0.05, 0) is 18.2 Å². The fourth-order valence-corrected chi connectivity index (χ4v) is 1.63. The Morgan fingerprint density at radius 1 is 1.53 bits per heavy atom. The lowest BCUT2D eigenvalue weighted by Crippen LogP contribution is -2.44. The van der Waals surface area contributed by atoms with Crippen molar-refractivity contribution < 1.29 is 14.0 Å². The van der Waals surface area contributed by atoms with Gasteiger partial charge in [-0.15, -0.1) is 0 Å². The number of carbonyl (C=O) groups is 2. The van der Waals surface area contributed by atoms with E-state index < -0.39 is 17.8 Å². The van der Waals surface area contributed by atoms with Crippen LogP contribution < -0.4 is 10.6 Å². The number of nitriles is 1. The van der Waals surface area contributed by atoms with Crippen LogP contribution in [0.3, 0.4) is 0 Å². The van der Waals surface area contributed by atoms with Crippen LogP contribution in [0.25, 0.3) is 0 Å². The quantitative estimate of drug-likeness (QED) is 0.722. The van der Waals surface area contributed by atoms with Crippen LogP contribution in [0.5, 0.6) is 0 Å². The van der Waals surface area contributed by atoms with E-state index in [0.717, 1.165) is 12.1 Å². The molecule has 1 unspecified atom stereocenters. The van der Waals surface area contributed by atoms with Crippen molar-refractivity contribution in [2.75, 3.05) is 11.1 Å². The van der Waals surface area contributed by atoms with Gasteiger partial charge in [0.15, 0.2) is 0 Å². The first-order valence-corrected chi connectivity index (χ1v) is 5.99. The zero-order valence-electron chi connectivity index (χ0n) is 10.1. The maximum absolute atomic E-state index is 12.9. The third kappa shape index (κ3) is 4.26. The Labute approximate surface area is 115 Å². The lowest BCUT2D eigenvalue weighted by Gasteiger charge is -2.15. The molecule has 19 heavy (non-hydrogen) atoms. The van der Waals surface area contributed by atoms with Gasteiger partial charge in [0.2, 0.25) is 11.8 Å². The van der Waals surface area contributed by atoms with Gasteiger partial charge in [0.25, 0.3) is 0 Å². The molecule has 1 atom stereocenters. The summed E-state index contributed by atoms with van der Waals surface area (Å²) in [7, 11) is 0. The number of thiol groups is 1. The van der Waals surface area contributed by atoms with Gasteiger partial charge in [-0.25, -0.2) is 4.39 Å². The standard InChI is InChI=1S/C12H12FN3O2S/c1-7(17)15-11(6-19)12(18)16-10-3-2-9(13)4-8(10)5-14/h2-4,11,19H,6H2,1H3,(H,15,17)(H,16,18). The Hall–Kier alpha value is -2.07. The molecule has 0 spiro atoms. The molecule has 1 aromatic rings. The van der Waals surface area contributed by atoms with Crippen molar-refractivity contribution in [3.05, 3.63) is 29.6 Å². The number of nitrogens with one attached hydrogen (secondary N) is 2. The molecule has 0 bridgehead atoms. The van der Waals surface area contributed by atoms with Crippen LogP contribution in [0.1, 0.15) is 12.5 Å². The summed E-state index contributed by atoms with van der Waals surface area (Å²) in [6.45, 7) is 1.28. The van der Waals surface area contributed by atoms with Gasteiger partial charge < -0.3 is 10.6 Å². The minimum atomic E-state index is -0.822. The van der Waals surface area contributed by atoms with Gasteiger partial charge in [-0.3, -0.25) is 9.59 Å².